The molecule has 0 bridgehead atoms. The van der Waals surface area contributed by atoms with Crippen molar-refractivity contribution in [2.75, 3.05) is 0 Å². The summed E-state index contributed by atoms with van der Waals surface area (Å²) >= 11 is 0. The Kier molecular flexibility index (Phi) is 5.61. The largest absolute Gasteiger partial charge is 0.378 e. The number of carbonyl (C=O) groups excluding carboxylic acids is 1. The van der Waals surface area contributed by atoms with Crippen LogP contribution in [0.15, 0.2) is 89.9 Å². The minimum absolute atomic E-state index is 0.147. The van der Waals surface area contributed by atoms with Gasteiger partial charge in [-0.2, -0.15) is 0 Å². The van der Waals surface area contributed by atoms with Gasteiger partial charge in [0.2, 0.25) is 0 Å². The maximum absolute atomic E-state index is 12.6. The predicted molar refractivity (Wildman–Crippen MR) is 99.4 cm³/mol. The Morgan fingerprint density at radius 2 is 1.46 bits per heavy atom. The normalized spacial score (nSPS) is 13.0. The maximum Gasteiger partial charge on any atom is 0.254 e. The van der Waals surface area contributed by atoms with Crippen molar-refractivity contribution in [3.63, 3.8) is 0 Å². The molecule has 26 heavy (non-hydrogen) atoms. The number of benzene rings is 2. The number of aliphatic hydroxyl groups is 1. The van der Waals surface area contributed by atoms with Gasteiger partial charge in [0.05, 0.1) is 12.6 Å². The summed E-state index contributed by atoms with van der Waals surface area (Å²) in [5, 5.41) is 13.2. The molecule has 0 spiro atoms. The minimum atomic E-state index is -1.27. The van der Waals surface area contributed by atoms with Crippen LogP contribution in [-0.2, 0) is 11.3 Å². The fourth-order valence-corrected chi connectivity index (χ4v) is 2.77. The number of amides is 1. The van der Waals surface area contributed by atoms with E-state index in [9.17, 15) is 14.7 Å². The zero-order valence-corrected chi connectivity index (χ0v) is 14.2. The van der Waals surface area contributed by atoms with Crippen molar-refractivity contribution >= 4 is 5.91 Å². The van der Waals surface area contributed by atoms with E-state index in [1.165, 1.54) is 10.6 Å². The van der Waals surface area contributed by atoms with Gasteiger partial charge in [0.15, 0.2) is 6.10 Å². The predicted octanol–water partition coefficient (Wildman–Crippen LogP) is 2.44. The van der Waals surface area contributed by atoms with Gasteiger partial charge in [-0.05, 0) is 17.2 Å². The molecule has 5 nitrogen and oxygen atoms in total. The minimum Gasteiger partial charge on any atom is -0.378 e. The summed E-state index contributed by atoms with van der Waals surface area (Å²) in [4.78, 5) is 24.6. The highest BCUT2D eigenvalue weighted by atomic mass is 16.3. The highest BCUT2D eigenvalue weighted by Gasteiger charge is 2.22. The van der Waals surface area contributed by atoms with Crippen LogP contribution >= 0.6 is 0 Å². The zero-order valence-electron chi connectivity index (χ0n) is 14.2. The molecule has 5 heteroatoms. The summed E-state index contributed by atoms with van der Waals surface area (Å²) in [5.41, 5.74) is 1.23. The number of aliphatic hydroxyl groups excluding tert-OH is 1. The monoisotopic (exact) mass is 348 g/mol. The van der Waals surface area contributed by atoms with Gasteiger partial charge in [-0.3, -0.25) is 9.59 Å². The van der Waals surface area contributed by atoms with Gasteiger partial charge >= 0.3 is 0 Å². The van der Waals surface area contributed by atoms with E-state index >= 15 is 0 Å². The van der Waals surface area contributed by atoms with Crippen molar-refractivity contribution < 1.29 is 9.90 Å². The molecule has 3 aromatic rings. The van der Waals surface area contributed by atoms with Crippen molar-refractivity contribution in [1.29, 1.82) is 0 Å². The molecule has 0 saturated heterocycles. The van der Waals surface area contributed by atoms with Crippen LogP contribution in [-0.4, -0.2) is 15.6 Å². The molecule has 132 valence electrons. The maximum atomic E-state index is 12.6. The van der Waals surface area contributed by atoms with Gasteiger partial charge in [0.25, 0.3) is 11.5 Å². The highest BCUT2D eigenvalue weighted by molar-refractivity contribution is 5.82. The summed E-state index contributed by atoms with van der Waals surface area (Å²) in [6, 6.07) is 22.6. The molecule has 0 aliphatic carbocycles. The summed E-state index contributed by atoms with van der Waals surface area (Å²) < 4.78 is 1.53. The zero-order chi connectivity index (χ0) is 18.4. The van der Waals surface area contributed by atoms with Crippen molar-refractivity contribution in [2.45, 2.75) is 18.7 Å². The van der Waals surface area contributed by atoms with Crippen molar-refractivity contribution in [1.82, 2.24) is 9.88 Å². The molecule has 0 aliphatic rings. The van der Waals surface area contributed by atoms with E-state index < -0.39 is 18.1 Å². The van der Waals surface area contributed by atoms with Crippen LogP contribution in [0.4, 0.5) is 0 Å². The second kappa shape index (κ2) is 8.27. The fourth-order valence-electron chi connectivity index (χ4n) is 2.77. The second-order valence-electron chi connectivity index (χ2n) is 5.98. The lowest BCUT2D eigenvalue weighted by molar-refractivity contribution is -0.130. The number of aromatic nitrogens is 1. The van der Waals surface area contributed by atoms with Crippen LogP contribution in [0, 0.1) is 0 Å². The molecular formula is C21H20N2O3. The van der Waals surface area contributed by atoms with Gasteiger partial charge in [-0.15, -0.1) is 0 Å². The van der Waals surface area contributed by atoms with Crippen molar-refractivity contribution in [3.05, 3.63) is 107 Å². The van der Waals surface area contributed by atoms with Gasteiger partial charge < -0.3 is 15.0 Å². The van der Waals surface area contributed by atoms with Crippen LogP contribution in [0.5, 0.6) is 0 Å². The molecular weight excluding hydrogens is 328 g/mol. The molecule has 0 saturated carbocycles. The first-order valence-electron chi connectivity index (χ1n) is 8.39. The standard InChI is InChI=1S/C21H20N2O3/c24-19-13-7-8-14-23(19)15-18(16-9-3-1-4-10-16)22-21(26)20(25)17-11-5-2-6-12-17/h1-14,18,20,25H,15H2,(H,22,26)/t18-,20-/m0/s1. The number of pyridine rings is 1. The molecule has 0 unspecified atom stereocenters. The molecule has 0 radical (unpaired) electrons. The average Bonchev–Trinajstić information content (AvgIpc) is 2.69. The summed E-state index contributed by atoms with van der Waals surface area (Å²) in [6.45, 7) is 0.275. The SMILES string of the molecule is O=C(N[C@@H](Cn1ccccc1=O)c1ccccc1)[C@@H](O)c1ccccc1. The van der Waals surface area contributed by atoms with Crippen LogP contribution < -0.4 is 10.9 Å². The van der Waals surface area contributed by atoms with Gasteiger partial charge in [0.1, 0.15) is 0 Å². The van der Waals surface area contributed by atoms with Crippen LogP contribution in [0.2, 0.25) is 0 Å². The Hall–Kier alpha value is -3.18. The van der Waals surface area contributed by atoms with Crippen LogP contribution in [0.25, 0.3) is 0 Å². The summed E-state index contributed by atoms with van der Waals surface area (Å²) in [5.74, 6) is -0.506. The third-order valence-electron chi connectivity index (χ3n) is 4.16. The lowest BCUT2D eigenvalue weighted by atomic mass is 10.0. The molecule has 1 aromatic heterocycles. The number of nitrogens with one attached hydrogen (secondary N) is 1. The van der Waals surface area contributed by atoms with Crippen LogP contribution in [0.1, 0.15) is 23.3 Å². The quantitative estimate of drug-likeness (QED) is 0.719. The van der Waals surface area contributed by atoms with Crippen molar-refractivity contribution in [3.8, 4) is 0 Å². The second-order valence-corrected chi connectivity index (χ2v) is 5.98. The first kappa shape index (κ1) is 17.6. The number of nitrogens with zero attached hydrogens (tertiary/aromatic N) is 1. The number of hydrogen-bond donors (Lipinski definition) is 2. The molecule has 2 atom stereocenters. The Morgan fingerprint density at radius 1 is 0.885 bits per heavy atom. The Morgan fingerprint density at radius 3 is 2.08 bits per heavy atom. The molecule has 3 rings (SSSR count). The van der Waals surface area contributed by atoms with E-state index in [2.05, 4.69) is 5.32 Å². The number of carbonyl (C=O) groups is 1. The third kappa shape index (κ3) is 4.26. The Labute approximate surface area is 151 Å². The number of hydrogen-bond acceptors (Lipinski definition) is 3. The Balaban J connectivity index is 1.83. The van der Waals surface area contributed by atoms with Crippen molar-refractivity contribution in [2.24, 2.45) is 0 Å². The van der Waals surface area contributed by atoms with Gasteiger partial charge in [0, 0.05) is 12.3 Å². The lowest BCUT2D eigenvalue weighted by Gasteiger charge is -2.22. The summed E-state index contributed by atoms with van der Waals surface area (Å²) in [7, 11) is 0. The summed E-state index contributed by atoms with van der Waals surface area (Å²) in [6.07, 6.45) is 0.410. The van der Waals surface area contributed by atoms with E-state index in [0.29, 0.717) is 5.56 Å². The lowest BCUT2D eigenvalue weighted by Crippen LogP contribution is -2.36. The smallest absolute Gasteiger partial charge is 0.254 e. The first-order chi connectivity index (χ1) is 12.6. The van der Waals surface area contributed by atoms with E-state index in [1.807, 2.05) is 36.4 Å². The van der Waals surface area contributed by atoms with Gasteiger partial charge in [-0.25, -0.2) is 0 Å². The molecule has 0 fully saturated rings. The van der Waals surface area contributed by atoms with E-state index in [-0.39, 0.29) is 12.1 Å². The fraction of sp³-hybridized carbons (Fsp3) is 0.143. The van der Waals surface area contributed by atoms with Gasteiger partial charge in [-0.1, -0.05) is 66.7 Å². The van der Waals surface area contributed by atoms with Crippen LogP contribution in [0.3, 0.4) is 0 Å². The molecule has 2 aromatic carbocycles. The topological polar surface area (TPSA) is 71.3 Å². The number of rotatable bonds is 6. The first-order valence-corrected chi connectivity index (χ1v) is 8.39. The van der Waals surface area contributed by atoms with E-state index in [4.69, 9.17) is 0 Å². The average molecular weight is 348 g/mol. The van der Waals surface area contributed by atoms with E-state index in [0.717, 1.165) is 5.56 Å². The molecule has 1 heterocycles. The molecule has 1 amide bonds. The van der Waals surface area contributed by atoms with E-state index in [1.54, 1.807) is 42.6 Å². The third-order valence-corrected chi connectivity index (χ3v) is 4.16. The highest BCUT2D eigenvalue weighted by Crippen LogP contribution is 2.18. The molecule has 2 N–H and O–H groups in total. The Bertz CT molecular complexity index is 907. The molecule has 0 aliphatic heterocycles.